The molecule has 0 unspecified atom stereocenters. The number of thioether (sulfide) groups is 1. The number of aryl methyl sites for hydroxylation is 1. The zero-order valence-electron chi connectivity index (χ0n) is 19.1. The van der Waals surface area contributed by atoms with Gasteiger partial charge in [-0.2, -0.15) is 0 Å². The smallest absolute Gasteiger partial charge is 0.234 e. The van der Waals surface area contributed by atoms with Crippen molar-refractivity contribution >= 4 is 23.4 Å². The summed E-state index contributed by atoms with van der Waals surface area (Å²) in [6.45, 7) is 9.86. The van der Waals surface area contributed by atoms with Gasteiger partial charge in [-0.15, -0.1) is 10.2 Å². The van der Waals surface area contributed by atoms with Gasteiger partial charge in [0, 0.05) is 23.9 Å². The van der Waals surface area contributed by atoms with Gasteiger partial charge in [-0.1, -0.05) is 42.4 Å². The largest absolute Gasteiger partial charge is 0.490 e. The van der Waals surface area contributed by atoms with E-state index in [4.69, 9.17) is 9.47 Å². The van der Waals surface area contributed by atoms with Crippen molar-refractivity contribution in [2.75, 3.05) is 24.3 Å². The molecule has 0 bridgehead atoms. The van der Waals surface area contributed by atoms with E-state index in [1.165, 1.54) is 17.3 Å². The number of nitrogens with zero attached hydrogens (tertiary/aromatic N) is 3. The fraction of sp³-hybridized carbons (Fsp3) is 0.375. The predicted molar refractivity (Wildman–Crippen MR) is 129 cm³/mol. The van der Waals surface area contributed by atoms with Crippen molar-refractivity contribution in [3.63, 3.8) is 0 Å². The maximum absolute atomic E-state index is 12.6. The summed E-state index contributed by atoms with van der Waals surface area (Å²) in [7, 11) is 0. The third-order valence-corrected chi connectivity index (χ3v) is 5.57. The number of rotatable bonds is 11. The Morgan fingerprint density at radius 2 is 1.81 bits per heavy atom. The molecule has 0 aliphatic heterocycles. The standard InChI is InChI=1S/C24H30N4O3S/c1-5-13-28-23(18-10-8-9-17(4)14-18)26-27-24(28)32-16-22(29)25-19-11-12-20(30-6-2)21(15-19)31-7-3/h8-12,14-15H,5-7,13,16H2,1-4H3,(H,25,29). The first-order valence-electron chi connectivity index (χ1n) is 10.9. The van der Waals surface area contributed by atoms with Crippen LogP contribution < -0.4 is 14.8 Å². The van der Waals surface area contributed by atoms with Gasteiger partial charge in [0.15, 0.2) is 22.5 Å². The summed E-state index contributed by atoms with van der Waals surface area (Å²) < 4.78 is 13.3. The molecule has 32 heavy (non-hydrogen) atoms. The third-order valence-electron chi connectivity index (χ3n) is 4.60. The highest BCUT2D eigenvalue weighted by Gasteiger charge is 2.16. The zero-order valence-corrected chi connectivity index (χ0v) is 19.9. The monoisotopic (exact) mass is 454 g/mol. The SMILES string of the molecule is CCCn1c(SCC(=O)Nc2ccc(OCC)c(OCC)c2)nnc1-c1cccc(C)c1. The molecule has 1 heterocycles. The molecule has 0 aliphatic rings. The minimum absolute atomic E-state index is 0.121. The minimum atomic E-state index is -0.121. The van der Waals surface area contributed by atoms with E-state index in [1.54, 1.807) is 6.07 Å². The van der Waals surface area contributed by atoms with E-state index in [9.17, 15) is 4.79 Å². The summed E-state index contributed by atoms with van der Waals surface area (Å²) in [5.74, 6) is 2.21. The van der Waals surface area contributed by atoms with E-state index in [0.29, 0.717) is 30.4 Å². The summed E-state index contributed by atoms with van der Waals surface area (Å²) in [5.41, 5.74) is 2.86. The van der Waals surface area contributed by atoms with Crippen LogP contribution in [0.15, 0.2) is 47.6 Å². The molecule has 0 fully saturated rings. The van der Waals surface area contributed by atoms with Gasteiger partial charge in [-0.3, -0.25) is 4.79 Å². The van der Waals surface area contributed by atoms with Gasteiger partial charge < -0.3 is 19.4 Å². The number of amides is 1. The first kappa shape index (κ1) is 23.7. The number of benzene rings is 2. The lowest BCUT2D eigenvalue weighted by Gasteiger charge is -2.13. The number of carbonyl (C=O) groups is 1. The molecule has 170 valence electrons. The maximum Gasteiger partial charge on any atom is 0.234 e. The van der Waals surface area contributed by atoms with Crippen molar-refractivity contribution in [2.45, 2.75) is 45.8 Å². The fourth-order valence-electron chi connectivity index (χ4n) is 3.27. The van der Waals surface area contributed by atoms with Crippen LogP contribution in [0.3, 0.4) is 0 Å². The Labute approximate surface area is 193 Å². The van der Waals surface area contributed by atoms with Crippen molar-refractivity contribution in [2.24, 2.45) is 0 Å². The van der Waals surface area contributed by atoms with Crippen LogP contribution in [0, 0.1) is 6.92 Å². The molecule has 0 radical (unpaired) electrons. The number of hydrogen-bond donors (Lipinski definition) is 1. The van der Waals surface area contributed by atoms with Gasteiger partial charge in [0.1, 0.15) is 0 Å². The average Bonchev–Trinajstić information content (AvgIpc) is 3.17. The lowest BCUT2D eigenvalue weighted by molar-refractivity contribution is -0.113. The second-order valence-electron chi connectivity index (χ2n) is 7.19. The van der Waals surface area contributed by atoms with Gasteiger partial charge >= 0.3 is 0 Å². The molecule has 1 amide bonds. The Balaban J connectivity index is 1.69. The Bertz CT molecular complexity index is 1050. The molecule has 0 aliphatic carbocycles. The summed E-state index contributed by atoms with van der Waals surface area (Å²) in [4.78, 5) is 12.6. The summed E-state index contributed by atoms with van der Waals surface area (Å²) in [6, 6.07) is 13.6. The van der Waals surface area contributed by atoms with E-state index >= 15 is 0 Å². The molecular formula is C24H30N4O3S. The topological polar surface area (TPSA) is 78.3 Å². The van der Waals surface area contributed by atoms with Crippen LogP contribution in [-0.2, 0) is 11.3 Å². The van der Waals surface area contributed by atoms with E-state index < -0.39 is 0 Å². The van der Waals surface area contributed by atoms with Gasteiger partial charge in [0.05, 0.1) is 19.0 Å². The molecule has 3 rings (SSSR count). The quantitative estimate of drug-likeness (QED) is 0.402. The molecule has 0 saturated carbocycles. The maximum atomic E-state index is 12.6. The predicted octanol–water partition coefficient (Wildman–Crippen LogP) is 5.19. The molecular weight excluding hydrogens is 424 g/mol. The van der Waals surface area contributed by atoms with Crippen LogP contribution in [0.5, 0.6) is 11.5 Å². The van der Waals surface area contributed by atoms with Crippen LogP contribution in [-0.4, -0.2) is 39.6 Å². The molecule has 3 aromatic rings. The van der Waals surface area contributed by atoms with Crippen LogP contribution >= 0.6 is 11.8 Å². The summed E-state index contributed by atoms with van der Waals surface area (Å²) >= 11 is 1.38. The van der Waals surface area contributed by atoms with Crippen molar-refractivity contribution in [1.82, 2.24) is 14.8 Å². The molecule has 8 heteroatoms. The Hall–Kier alpha value is -3.00. The number of anilines is 1. The number of hydrogen-bond acceptors (Lipinski definition) is 6. The Morgan fingerprint density at radius 1 is 1.03 bits per heavy atom. The van der Waals surface area contributed by atoms with Gasteiger partial charge in [0.2, 0.25) is 5.91 Å². The van der Waals surface area contributed by atoms with Gasteiger partial charge in [-0.05, 0) is 45.4 Å². The van der Waals surface area contributed by atoms with Crippen molar-refractivity contribution in [3.8, 4) is 22.9 Å². The number of ether oxygens (including phenoxy) is 2. The first-order valence-corrected chi connectivity index (χ1v) is 11.9. The third kappa shape index (κ3) is 6.03. The van der Waals surface area contributed by atoms with E-state index in [-0.39, 0.29) is 11.7 Å². The molecule has 0 spiro atoms. The van der Waals surface area contributed by atoms with E-state index in [1.807, 2.05) is 38.1 Å². The van der Waals surface area contributed by atoms with E-state index in [2.05, 4.69) is 46.1 Å². The molecule has 1 N–H and O–H groups in total. The van der Waals surface area contributed by atoms with Crippen molar-refractivity contribution in [1.29, 1.82) is 0 Å². The lowest BCUT2D eigenvalue weighted by atomic mass is 10.1. The molecule has 7 nitrogen and oxygen atoms in total. The second-order valence-corrected chi connectivity index (χ2v) is 8.13. The highest BCUT2D eigenvalue weighted by atomic mass is 32.2. The number of aromatic nitrogens is 3. The number of nitrogens with one attached hydrogen (secondary N) is 1. The summed E-state index contributed by atoms with van der Waals surface area (Å²) in [6.07, 6.45) is 0.947. The van der Waals surface area contributed by atoms with Crippen molar-refractivity contribution in [3.05, 3.63) is 48.0 Å². The van der Waals surface area contributed by atoms with Crippen LogP contribution in [0.4, 0.5) is 5.69 Å². The zero-order chi connectivity index (χ0) is 22.9. The molecule has 0 atom stereocenters. The summed E-state index contributed by atoms with van der Waals surface area (Å²) in [5, 5.41) is 12.4. The highest BCUT2D eigenvalue weighted by molar-refractivity contribution is 7.99. The normalized spacial score (nSPS) is 10.8. The Kier molecular flexibility index (Phi) is 8.56. The van der Waals surface area contributed by atoms with Gasteiger partial charge in [-0.25, -0.2) is 0 Å². The Morgan fingerprint density at radius 3 is 2.53 bits per heavy atom. The van der Waals surface area contributed by atoms with Crippen LogP contribution in [0.2, 0.25) is 0 Å². The highest BCUT2D eigenvalue weighted by Crippen LogP contribution is 2.31. The van der Waals surface area contributed by atoms with E-state index in [0.717, 1.165) is 29.5 Å². The first-order chi connectivity index (χ1) is 15.5. The second kappa shape index (κ2) is 11.6. The van der Waals surface area contributed by atoms with Crippen molar-refractivity contribution < 1.29 is 14.3 Å². The van der Waals surface area contributed by atoms with Gasteiger partial charge in [0.25, 0.3) is 0 Å². The molecule has 2 aromatic carbocycles. The molecule has 0 saturated heterocycles. The fourth-order valence-corrected chi connectivity index (χ4v) is 4.04. The minimum Gasteiger partial charge on any atom is -0.490 e. The number of carbonyl (C=O) groups excluding carboxylic acids is 1. The average molecular weight is 455 g/mol. The lowest BCUT2D eigenvalue weighted by Crippen LogP contribution is -2.15. The van der Waals surface area contributed by atoms with Crippen LogP contribution in [0.25, 0.3) is 11.4 Å². The van der Waals surface area contributed by atoms with Crippen LogP contribution in [0.1, 0.15) is 32.8 Å². The molecule has 1 aromatic heterocycles.